The first-order chi connectivity index (χ1) is 7.22. The molecule has 0 saturated carbocycles. The Morgan fingerprint density at radius 1 is 1.33 bits per heavy atom. The maximum atomic E-state index is 12.6. The van der Waals surface area contributed by atoms with Crippen LogP contribution in [0, 0.1) is 5.82 Å². The van der Waals surface area contributed by atoms with Crippen molar-refractivity contribution in [1.82, 2.24) is 0 Å². The Morgan fingerprint density at radius 3 is 2.60 bits per heavy atom. The van der Waals surface area contributed by atoms with E-state index in [1.807, 2.05) is 11.8 Å². The molecule has 0 aliphatic carbocycles. The fourth-order valence-corrected chi connectivity index (χ4v) is 2.09. The van der Waals surface area contributed by atoms with Gasteiger partial charge in [0.25, 0.3) is 0 Å². The second-order valence-electron chi connectivity index (χ2n) is 3.47. The van der Waals surface area contributed by atoms with E-state index >= 15 is 0 Å². The average Bonchev–Trinajstić information content (AvgIpc) is 2.22. The van der Waals surface area contributed by atoms with E-state index in [2.05, 4.69) is 6.92 Å². The summed E-state index contributed by atoms with van der Waals surface area (Å²) in [6, 6.07) is 6.32. The van der Waals surface area contributed by atoms with Crippen LogP contribution in [0.25, 0.3) is 0 Å². The van der Waals surface area contributed by atoms with Crippen molar-refractivity contribution in [1.29, 1.82) is 0 Å². The molecule has 15 heavy (non-hydrogen) atoms. The Morgan fingerprint density at radius 2 is 2.00 bits per heavy atom. The predicted octanol–water partition coefficient (Wildman–Crippen LogP) is 2.87. The van der Waals surface area contributed by atoms with Gasteiger partial charge >= 0.3 is 0 Å². The number of thioether (sulfide) groups is 1. The standard InChI is InChI=1S/C12H17FOS/c1-2-15-8-7-12(14)9-10-3-5-11(13)6-4-10/h3-6,12,14H,2,7-9H2,1H3. The van der Waals surface area contributed by atoms with Gasteiger partial charge in [-0.25, -0.2) is 4.39 Å². The van der Waals surface area contributed by atoms with E-state index in [0.717, 1.165) is 23.5 Å². The van der Waals surface area contributed by atoms with E-state index in [0.29, 0.717) is 6.42 Å². The minimum atomic E-state index is -0.311. The second-order valence-corrected chi connectivity index (χ2v) is 4.86. The zero-order valence-corrected chi connectivity index (χ0v) is 9.77. The number of rotatable bonds is 6. The molecular formula is C12H17FOS. The van der Waals surface area contributed by atoms with E-state index in [4.69, 9.17) is 0 Å². The van der Waals surface area contributed by atoms with Crippen molar-refractivity contribution in [3.05, 3.63) is 35.6 Å². The van der Waals surface area contributed by atoms with Crippen LogP contribution in [0.4, 0.5) is 4.39 Å². The largest absolute Gasteiger partial charge is 0.393 e. The highest BCUT2D eigenvalue weighted by Gasteiger charge is 2.05. The van der Waals surface area contributed by atoms with Crippen molar-refractivity contribution in [3.8, 4) is 0 Å². The second kappa shape index (κ2) is 6.85. The lowest BCUT2D eigenvalue weighted by Gasteiger charge is -2.09. The summed E-state index contributed by atoms with van der Waals surface area (Å²) < 4.78 is 12.6. The van der Waals surface area contributed by atoms with Gasteiger partial charge in [0.15, 0.2) is 0 Å². The Kier molecular flexibility index (Phi) is 5.73. The number of aliphatic hydroxyl groups is 1. The molecule has 0 radical (unpaired) electrons. The summed E-state index contributed by atoms with van der Waals surface area (Å²) in [5.41, 5.74) is 0.991. The first-order valence-corrected chi connectivity index (χ1v) is 6.38. The molecule has 1 aromatic carbocycles. The van der Waals surface area contributed by atoms with Crippen LogP contribution in [-0.2, 0) is 6.42 Å². The highest BCUT2D eigenvalue weighted by molar-refractivity contribution is 7.99. The normalized spacial score (nSPS) is 12.7. The SMILES string of the molecule is CCSCCC(O)Cc1ccc(F)cc1. The summed E-state index contributed by atoms with van der Waals surface area (Å²) >= 11 is 1.83. The van der Waals surface area contributed by atoms with Crippen molar-refractivity contribution in [3.63, 3.8) is 0 Å². The number of halogens is 1. The average molecular weight is 228 g/mol. The van der Waals surface area contributed by atoms with Crippen LogP contribution in [-0.4, -0.2) is 22.7 Å². The molecule has 0 aliphatic heterocycles. The molecule has 0 spiro atoms. The quantitative estimate of drug-likeness (QED) is 0.755. The minimum absolute atomic E-state index is 0.227. The molecule has 0 aromatic heterocycles. The van der Waals surface area contributed by atoms with E-state index < -0.39 is 0 Å². The predicted molar refractivity (Wildman–Crippen MR) is 63.7 cm³/mol. The molecule has 1 nitrogen and oxygen atoms in total. The van der Waals surface area contributed by atoms with Crippen LogP contribution in [0.3, 0.4) is 0 Å². The lowest BCUT2D eigenvalue weighted by Crippen LogP contribution is -2.11. The van der Waals surface area contributed by atoms with Gasteiger partial charge in [0.2, 0.25) is 0 Å². The molecule has 1 N–H and O–H groups in total. The van der Waals surface area contributed by atoms with Crippen LogP contribution in [0.1, 0.15) is 18.9 Å². The van der Waals surface area contributed by atoms with Gasteiger partial charge in [0.1, 0.15) is 5.82 Å². The van der Waals surface area contributed by atoms with Crippen molar-refractivity contribution < 1.29 is 9.50 Å². The van der Waals surface area contributed by atoms with E-state index in [1.165, 1.54) is 12.1 Å². The summed E-state index contributed by atoms with van der Waals surface area (Å²) in [4.78, 5) is 0. The third kappa shape index (κ3) is 5.19. The van der Waals surface area contributed by atoms with Crippen LogP contribution in [0.2, 0.25) is 0 Å². The number of hydrogen-bond acceptors (Lipinski definition) is 2. The van der Waals surface area contributed by atoms with Crippen LogP contribution in [0.15, 0.2) is 24.3 Å². The molecule has 1 rings (SSSR count). The van der Waals surface area contributed by atoms with E-state index in [1.54, 1.807) is 12.1 Å². The van der Waals surface area contributed by atoms with Crippen molar-refractivity contribution in [2.24, 2.45) is 0 Å². The Bertz CT molecular complexity index is 273. The topological polar surface area (TPSA) is 20.2 Å². The zero-order valence-electron chi connectivity index (χ0n) is 8.95. The fourth-order valence-electron chi connectivity index (χ4n) is 1.36. The molecule has 1 unspecified atom stereocenters. The van der Waals surface area contributed by atoms with Gasteiger partial charge in [-0.2, -0.15) is 11.8 Å². The highest BCUT2D eigenvalue weighted by Crippen LogP contribution is 2.10. The number of hydrogen-bond donors (Lipinski definition) is 1. The van der Waals surface area contributed by atoms with Crippen molar-refractivity contribution in [2.45, 2.75) is 25.9 Å². The van der Waals surface area contributed by atoms with Gasteiger partial charge in [-0.1, -0.05) is 19.1 Å². The Balaban J connectivity index is 2.31. The smallest absolute Gasteiger partial charge is 0.123 e. The van der Waals surface area contributed by atoms with Crippen molar-refractivity contribution >= 4 is 11.8 Å². The third-order valence-electron chi connectivity index (χ3n) is 2.18. The third-order valence-corrected chi connectivity index (χ3v) is 3.12. The van der Waals surface area contributed by atoms with E-state index in [-0.39, 0.29) is 11.9 Å². The van der Waals surface area contributed by atoms with Gasteiger partial charge < -0.3 is 5.11 Å². The minimum Gasteiger partial charge on any atom is -0.393 e. The first kappa shape index (κ1) is 12.5. The Labute approximate surface area is 94.7 Å². The van der Waals surface area contributed by atoms with Gasteiger partial charge in [-0.15, -0.1) is 0 Å². The Hall–Kier alpha value is -0.540. The monoisotopic (exact) mass is 228 g/mol. The lowest BCUT2D eigenvalue weighted by atomic mass is 10.1. The lowest BCUT2D eigenvalue weighted by molar-refractivity contribution is 0.172. The molecule has 1 atom stereocenters. The molecule has 0 heterocycles. The maximum Gasteiger partial charge on any atom is 0.123 e. The van der Waals surface area contributed by atoms with E-state index in [9.17, 15) is 9.50 Å². The van der Waals surface area contributed by atoms with Gasteiger partial charge in [-0.3, -0.25) is 0 Å². The molecule has 3 heteroatoms. The van der Waals surface area contributed by atoms with Crippen LogP contribution in [0.5, 0.6) is 0 Å². The number of aliphatic hydroxyl groups excluding tert-OH is 1. The van der Waals surface area contributed by atoms with Gasteiger partial charge in [0.05, 0.1) is 6.10 Å². The summed E-state index contributed by atoms with van der Waals surface area (Å²) in [5, 5.41) is 9.69. The molecule has 84 valence electrons. The summed E-state index contributed by atoms with van der Waals surface area (Å²) in [6.45, 7) is 2.11. The maximum absolute atomic E-state index is 12.6. The summed E-state index contributed by atoms with van der Waals surface area (Å²) in [5.74, 6) is 1.84. The highest BCUT2D eigenvalue weighted by atomic mass is 32.2. The van der Waals surface area contributed by atoms with Gasteiger partial charge in [0, 0.05) is 0 Å². The molecule has 0 saturated heterocycles. The van der Waals surface area contributed by atoms with Crippen LogP contribution < -0.4 is 0 Å². The molecule has 0 aliphatic rings. The zero-order chi connectivity index (χ0) is 11.1. The number of benzene rings is 1. The summed E-state index contributed by atoms with van der Waals surface area (Å²) in [6.07, 6.45) is 1.11. The summed E-state index contributed by atoms with van der Waals surface area (Å²) in [7, 11) is 0. The molecule has 0 amide bonds. The fraction of sp³-hybridized carbons (Fsp3) is 0.500. The molecular weight excluding hydrogens is 211 g/mol. The molecule has 1 aromatic rings. The first-order valence-electron chi connectivity index (χ1n) is 5.22. The molecule has 0 bridgehead atoms. The van der Waals surface area contributed by atoms with Crippen LogP contribution >= 0.6 is 11.8 Å². The van der Waals surface area contributed by atoms with Crippen molar-refractivity contribution in [2.75, 3.05) is 11.5 Å². The molecule has 0 fully saturated rings. The van der Waals surface area contributed by atoms with Gasteiger partial charge in [-0.05, 0) is 42.0 Å².